The quantitative estimate of drug-likeness (QED) is 0.521. The first-order valence-corrected chi connectivity index (χ1v) is 9.49. The van der Waals surface area contributed by atoms with Crippen molar-refractivity contribution in [2.45, 2.75) is 19.4 Å². The van der Waals surface area contributed by atoms with Gasteiger partial charge in [0.2, 0.25) is 0 Å². The number of anilines is 1. The number of fused-ring (bicyclic) bond motifs is 1. The van der Waals surface area contributed by atoms with Crippen LogP contribution in [0.5, 0.6) is 11.5 Å². The van der Waals surface area contributed by atoms with E-state index in [1.165, 1.54) is 25.3 Å². The van der Waals surface area contributed by atoms with Crippen LogP contribution in [-0.4, -0.2) is 32.9 Å². The zero-order chi connectivity index (χ0) is 25.0. The molecule has 0 saturated heterocycles. The zero-order valence-electron chi connectivity index (χ0n) is 16.7. The molecule has 4 rings (SSSR count). The second kappa shape index (κ2) is 7.83. The number of carbonyl (C=O) groups is 2. The van der Waals surface area contributed by atoms with Gasteiger partial charge in [0.05, 0.1) is 16.3 Å². The number of halogens is 6. The molecule has 0 unspecified atom stereocenters. The van der Waals surface area contributed by atoms with Gasteiger partial charge in [0.15, 0.2) is 23.0 Å². The van der Waals surface area contributed by atoms with Gasteiger partial charge >= 0.3 is 12.5 Å². The minimum atomic E-state index is -4.93. The number of hydrogen-bond acceptors (Lipinski definition) is 6. The normalized spacial score (nSPS) is 14.2. The summed E-state index contributed by atoms with van der Waals surface area (Å²) in [6, 6.07) is 3.97. The monoisotopic (exact) mass is 503 g/mol. The summed E-state index contributed by atoms with van der Waals surface area (Å²) in [4.78, 5) is 28.8. The van der Waals surface area contributed by atoms with Gasteiger partial charge in [0.25, 0.3) is 11.8 Å². The molecule has 2 amide bonds. The number of hydrogen-bond donors (Lipinski definition) is 2. The third kappa shape index (κ3) is 4.07. The number of primary amides is 1. The van der Waals surface area contributed by atoms with Crippen molar-refractivity contribution in [2.24, 2.45) is 5.73 Å². The number of nitrogens with two attached hydrogens (primary N) is 1. The van der Waals surface area contributed by atoms with Crippen molar-refractivity contribution in [3.05, 3.63) is 58.0 Å². The van der Waals surface area contributed by atoms with Crippen LogP contribution in [0.1, 0.15) is 32.1 Å². The summed E-state index contributed by atoms with van der Waals surface area (Å²) in [5.41, 5.74) is 2.16. The fourth-order valence-corrected chi connectivity index (χ4v) is 3.35. The van der Waals surface area contributed by atoms with Crippen molar-refractivity contribution >= 4 is 29.1 Å². The van der Waals surface area contributed by atoms with Gasteiger partial charge in [-0.1, -0.05) is 11.6 Å². The molecule has 3 N–H and O–H groups in total. The Hall–Kier alpha value is -3.94. The molecule has 15 heteroatoms. The maximum absolute atomic E-state index is 13.5. The second-order valence-corrected chi connectivity index (χ2v) is 7.28. The molecule has 3 heterocycles. The highest BCUT2D eigenvalue weighted by Crippen LogP contribution is 2.47. The Morgan fingerprint density at radius 2 is 1.94 bits per heavy atom. The maximum atomic E-state index is 13.5. The smallest absolute Gasteiger partial charge is 0.395 e. The molecule has 0 spiro atoms. The molecular formula is C19H11ClF5N5O4. The van der Waals surface area contributed by atoms with Gasteiger partial charge in [0, 0.05) is 17.8 Å². The Morgan fingerprint density at radius 3 is 2.56 bits per heavy atom. The SMILES string of the molecule is Cc1c(NC(=O)c2cc(C(F)(F)F)nn2-c2ncccc2Cl)c(C(N)=O)cc2c1OC(F)(F)O2. The first-order chi connectivity index (χ1) is 15.8. The third-order valence-corrected chi connectivity index (χ3v) is 4.90. The van der Waals surface area contributed by atoms with Crippen LogP contribution in [0.15, 0.2) is 30.5 Å². The fraction of sp³-hybridized carbons (Fsp3) is 0.158. The number of pyridine rings is 1. The van der Waals surface area contributed by atoms with Gasteiger partial charge in [-0.3, -0.25) is 9.59 Å². The summed E-state index contributed by atoms with van der Waals surface area (Å²) in [5, 5.41) is 5.47. The molecule has 0 radical (unpaired) electrons. The number of alkyl halides is 5. The molecule has 9 nitrogen and oxygen atoms in total. The Balaban J connectivity index is 1.82. The van der Waals surface area contributed by atoms with E-state index >= 15 is 0 Å². The molecule has 34 heavy (non-hydrogen) atoms. The Bertz CT molecular complexity index is 1340. The topological polar surface area (TPSA) is 121 Å². The van der Waals surface area contributed by atoms with Crippen LogP contribution in [0.3, 0.4) is 0 Å². The number of amides is 2. The van der Waals surface area contributed by atoms with E-state index in [4.69, 9.17) is 17.3 Å². The van der Waals surface area contributed by atoms with Gasteiger partial charge in [-0.2, -0.15) is 18.3 Å². The third-order valence-electron chi connectivity index (χ3n) is 4.61. The van der Waals surface area contributed by atoms with Crippen molar-refractivity contribution in [3.8, 4) is 17.3 Å². The van der Waals surface area contributed by atoms with Crippen LogP contribution < -0.4 is 20.5 Å². The lowest BCUT2D eigenvalue weighted by Crippen LogP contribution is -2.26. The summed E-state index contributed by atoms with van der Waals surface area (Å²) in [5.74, 6) is -3.65. The maximum Gasteiger partial charge on any atom is 0.586 e. The van der Waals surface area contributed by atoms with Gasteiger partial charge < -0.3 is 20.5 Å². The highest BCUT2D eigenvalue weighted by molar-refractivity contribution is 6.32. The second-order valence-electron chi connectivity index (χ2n) is 6.87. The lowest BCUT2D eigenvalue weighted by molar-refractivity contribution is -0.286. The summed E-state index contributed by atoms with van der Waals surface area (Å²) < 4.78 is 76.2. The molecule has 0 fully saturated rings. The molecule has 1 aliphatic rings. The van der Waals surface area contributed by atoms with E-state index in [2.05, 4.69) is 24.9 Å². The van der Waals surface area contributed by atoms with Crippen molar-refractivity contribution in [1.29, 1.82) is 0 Å². The van der Waals surface area contributed by atoms with E-state index in [0.29, 0.717) is 10.7 Å². The van der Waals surface area contributed by atoms with E-state index in [-0.39, 0.29) is 22.1 Å². The summed E-state index contributed by atoms with van der Waals surface area (Å²) in [6.45, 7) is 1.21. The average Bonchev–Trinajstić information content (AvgIpc) is 3.31. The zero-order valence-corrected chi connectivity index (χ0v) is 17.5. The van der Waals surface area contributed by atoms with Gasteiger partial charge in [0.1, 0.15) is 5.69 Å². The standard InChI is InChI=1S/C19H11ClF5N5O4/c1-7-13(8(15(26)31)5-11-14(7)34-19(24,25)33-11)28-17(32)10-6-12(18(21,22)23)29-30(10)16-9(20)3-2-4-27-16/h2-6H,1H3,(H2,26,31)(H,28,32). The largest absolute Gasteiger partial charge is 0.586 e. The van der Waals surface area contributed by atoms with Crippen LogP contribution in [0.4, 0.5) is 27.6 Å². The van der Waals surface area contributed by atoms with Crippen molar-refractivity contribution < 1.29 is 41.0 Å². The molecule has 3 aromatic rings. The molecule has 1 aliphatic heterocycles. The number of rotatable bonds is 4. The minimum Gasteiger partial charge on any atom is -0.395 e. The number of ether oxygens (including phenoxy) is 2. The molecule has 1 aromatic carbocycles. The lowest BCUT2D eigenvalue weighted by atomic mass is 10.0. The highest BCUT2D eigenvalue weighted by atomic mass is 35.5. The predicted octanol–water partition coefficient (Wildman–Crippen LogP) is 3.92. The first kappa shape index (κ1) is 23.2. The number of nitrogens with one attached hydrogen (secondary N) is 1. The van der Waals surface area contributed by atoms with Gasteiger partial charge in [-0.05, 0) is 25.1 Å². The highest BCUT2D eigenvalue weighted by Gasteiger charge is 2.45. The molecule has 2 aromatic heterocycles. The molecular weight excluding hydrogens is 493 g/mol. The van der Waals surface area contributed by atoms with Crippen LogP contribution in [0, 0.1) is 6.92 Å². The summed E-state index contributed by atoms with van der Waals surface area (Å²) in [6.07, 6.45) is -7.76. The lowest BCUT2D eigenvalue weighted by Gasteiger charge is -2.14. The van der Waals surface area contributed by atoms with Crippen LogP contribution >= 0.6 is 11.6 Å². The van der Waals surface area contributed by atoms with E-state index in [1.54, 1.807) is 0 Å². The number of benzene rings is 1. The molecule has 0 saturated carbocycles. The fourth-order valence-electron chi connectivity index (χ4n) is 3.15. The van der Waals surface area contributed by atoms with Gasteiger partial charge in [-0.25, -0.2) is 9.67 Å². The van der Waals surface area contributed by atoms with Crippen molar-refractivity contribution in [2.75, 3.05) is 5.32 Å². The molecule has 0 aliphatic carbocycles. The Kier molecular flexibility index (Phi) is 5.35. The number of nitrogens with zero attached hydrogens (tertiary/aromatic N) is 3. The average molecular weight is 504 g/mol. The predicted molar refractivity (Wildman–Crippen MR) is 105 cm³/mol. The van der Waals surface area contributed by atoms with Gasteiger partial charge in [-0.15, -0.1) is 8.78 Å². The molecule has 0 atom stereocenters. The van der Waals surface area contributed by atoms with E-state index in [0.717, 1.165) is 6.07 Å². The van der Waals surface area contributed by atoms with Crippen LogP contribution in [-0.2, 0) is 6.18 Å². The van der Waals surface area contributed by atoms with E-state index in [1.807, 2.05) is 0 Å². The molecule has 178 valence electrons. The minimum absolute atomic E-state index is 0.118. The number of aromatic nitrogens is 3. The first-order valence-electron chi connectivity index (χ1n) is 9.11. The Morgan fingerprint density at radius 1 is 1.24 bits per heavy atom. The summed E-state index contributed by atoms with van der Waals surface area (Å²) in [7, 11) is 0. The van der Waals surface area contributed by atoms with E-state index < -0.39 is 52.7 Å². The van der Waals surface area contributed by atoms with Crippen molar-refractivity contribution in [3.63, 3.8) is 0 Å². The number of carbonyl (C=O) groups excluding carboxylic acids is 2. The Labute approximate surface area is 191 Å². The summed E-state index contributed by atoms with van der Waals surface area (Å²) >= 11 is 6.00. The van der Waals surface area contributed by atoms with Crippen molar-refractivity contribution in [1.82, 2.24) is 14.8 Å². The van der Waals surface area contributed by atoms with Crippen LogP contribution in [0.2, 0.25) is 5.02 Å². The molecule has 0 bridgehead atoms. The van der Waals surface area contributed by atoms with E-state index in [9.17, 15) is 31.5 Å². The van der Waals surface area contributed by atoms with Crippen LogP contribution in [0.25, 0.3) is 5.82 Å².